The van der Waals surface area contributed by atoms with E-state index < -0.39 is 5.82 Å². The van der Waals surface area contributed by atoms with E-state index >= 15 is 0 Å². The van der Waals surface area contributed by atoms with Crippen molar-refractivity contribution < 1.29 is 9.18 Å². The zero-order valence-electron chi connectivity index (χ0n) is 13.8. The monoisotopic (exact) mass is 328 g/mol. The quantitative estimate of drug-likeness (QED) is 0.877. The van der Waals surface area contributed by atoms with Crippen molar-refractivity contribution in [3.63, 3.8) is 0 Å². The van der Waals surface area contributed by atoms with Crippen LogP contribution in [-0.2, 0) is 0 Å². The average Bonchev–Trinajstić information content (AvgIpc) is 3.32. The second-order valence-electron chi connectivity index (χ2n) is 6.62. The summed E-state index contributed by atoms with van der Waals surface area (Å²) in [6.07, 6.45) is 2.51. The number of nitrogens with zero attached hydrogens (tertiary/aromatic N) is 3. The first-order chi connectivity index (χ1) is 11.6. The molecule has 1 N–H and O–H groups in total. The topological polar surface area (TPSA) is 52.2 Å². The van der Waals surface area contributed by atoms with Gasteiger partial charge in [0.25, 0.3) is 0 Å². The number of aromatic amines is 1. The maximum atomic E-state index is 14.0. The third-order valence-electron chi connectivity index (χ3n) is 4.89. The normalized spacial score (nSPS) is 18.1. The molecule has 0 amide bonds. The lowest BCUT2D eigenvalue weighted by molar-refractivity contribution is 0.101. The zero-order chi connectivity index (χ0) is 16.7. The summed E-state index contributed by atoms with van der Waals surface area (Å²) in [5.74, 6) is 0.983. The Morgan fingerprint density at radius 1 is 1.21 bits per heavy atom. The summed E-state index contributed by atoms with van der Waals surface area (Å²) in [5, 5.41) is 7.57. The van der Waals surface area contributed by atoms with Gasteiger partial charge in [0, 0.05) is 43.9 Å². The Morgan fingerprint density at radius 3 is 2.58 bits per heavy atom. The first-order valence-electron chi connectivity index (χ1n) is 8.48. The fourth-order valence-corrected chi connectivity index (χ4v) is 3.39. The van der Waals surface area contributed by atoms with E-state index in [1.54, 1.807) is 6.07 Å². The molecule has 2 aliphatic rings. The number of H-pyrrole nitrogens is 1. The van der Waals surface area contributed by atoms with Crippen molar-refractivity contribution in [1.82, 2.24) is 10.2 Å². The number of piperazine rings is 1. The number of carbonyl (C=O) groups is 1. The van der Waals surface area contributed by atoms with E-state index in [4.69, 9.17) is 0 Å². The van der Waals surface area contributed by atoms with E-state index in [1.807, 2.05) is 6.07 Å². The van der Waals surface area contributed by atoms with Crippen molar-refractivity contribution >= 4 is 17.3 Å². The van der Waals surface area contributed by atoms with Gasteiger partial charge in [-0.1, -0.05) is 6.07 Å². The minimum Gasteiger partial charge on any atom is -0.367 e. The largest absolute Gasteiger partial charge is 0.367 e. The molecule has 5 nitrogen and oxygen atoms in total. The van der Waals surface area contributed by atoms with Crippen LogP contribution < -0.4 is 9.80 Å². The van der Waals surface area contributed by atoms with Crippen LogP contribution in [0.5, 0.6) is 0 Å². The number of halogens is 1. The molecule has 1 aliphatic carbocycles. The van der Waals surface area contributed by atoms with Crippen molar-refractivity contribution in [3.05, 3.63) is 41.3 Å². The molecule has 1 aromatic carbocycles. The summed E-state index contributed by atoms with van der Waals surface area (Å²) in [5.41, 5.74) is 2.13. The summed E-state index contributed by atoms with van der Waals surface area (Å²) in [4.78, 5) is 16.1. The second-order valence-corrected chi connectivity index (χ2v) is 6.62. The molecular weight excluding hydrogens is 307 g/mol. The molecule has 0 bridgehead atoms. The number of hydrogen-bond acceptors (Lipinski definition) is 4. The highest BCUT2D eigenvalue weighted by molar-refractivity contribution is 6.00. The molecule has 2 aromatic rings. The molecule has 0 unspecified atom stereocenters. The van der Waals surface area contributed by atoms with Gasteiger partial charge in [0.05, 0.1) is 11.3 Å². The number of hydrogen-bond donors (Lipinski definition) is 1. The predicted octanol–water partition coefficient (Wildman–Crippen LogP) is 2.96. The van der Waals surface area contributed by atoms with Gasteiger partial charge in [0.1, 0.15) is 5.82 Å². The highest BCUT2D eigenvalue weighted by atomic mass is 19.1. The molecule has 0 atom stereocenters. The van der Waals surface area contributed by atoms with Gasteiger partial charge in [0.2, 0.25) is 0 Å². The van der Waals surface area contributed by atoms with Crippen molar-refractivity contribution in [1.29, 1.82) is 0 Å². The van der Waals surface area contributed by atoms with Crippen molar-refractivity contribution in [2.24, 2.45) is 0 Å². The molecule has 126 valence electrons. The van der Waals surface area contributed by atoms with E-state index in [0.29, 0.717) is 11.6 Å². The van der Waals surface area contributed by atoms with Crippen molar-refractivity contribution in [3.8, 4) is 0 Å². The second kappa shape index (κ2) is 5.92. The molecule has 0 spiro atoms. The van der Waals surface area contributed by atoms with Crippen LogP contribution in [0.1, 0.15) is 41.7 Å². The van der Waals surface area contributed by atoms with Crippen LogP contribution in [0.25, 0.3) is 0 Å². The van der Waals surface area contributed by atoms with Gasteiger partial charge in [-0.15, -0.1) is 0 Å². The van der Waals surface area contributed by atoms with E-state index in [0.717, 1.165) is 32.0 Å². The van der Waals surface area contributed by atoms with Crippen molar-refractivity contribution in [2.45, 2.75) is 25.7 Å². The van der Waals surface area contributed by atoms with Crippen LogP contribution in [-0.4, -0.2) is 42.2 Å². The number of ketones is 1. The minimum atomic E-state index is -0.441. The van der Waals surface area contributed by atoms with Crippen LogP contribution in [0.15, 0.2) is 24.3 Å². The number of Topliss-reactive ketones (excluding diaryl/α,β-unsaturated/α-hetero) is 1. The Balaban J connectivity index is 1.48. The van der Waals surface area contributed by atoms with Crippen molar-refractivity contribution in [2.75, 3.05) is 36.0 Å². The number of benzene rings is 1. The maximum absolute atomic E-state index is 14.0. The minimum absolute atomic E-state index is 0.196. The Hall–Kier alpha value is -2.37. The molecule has 4 rings (SSSR count). The number of rotatable bonds is 4. The summed E-state index contributed by atoms with van der Waals surface area (Å²) in [7, 11) is 0. The first-order valence-corrected chi connectivity index (χ1v) is 8.48. The Bertz CT molecular complexity index is 760. The van der Waals surface area contributed by atoms with Gasteiger partial charge in [-0.2, -0.15) is 5.10 Å². The van der Waals surface area contributed by atoms with E-state index in [9.17, 15) is 9.18 Å². The molecule has 6 heteroatoms. The van der Waals surface area contributed by atoms with Gasteiger partial charge < -0.3 is 9.80 Å². The Morgan fingerprint density at radius 2 is 1.92 bits per heavy atom. The Labute approximate surface area is 140 Å². The summed E-state index contributed by atoms with van der Waals surface area (Å²) < 4.78 is 14.0. The molecule has 2 heterocycles. The number of aromatic nitrogens is 2. The molecule has 1 saturated heterocycles. The summed E-state index contributed by atoms with van der Waals surface area (Å²) >= 11 is 0. The zero-order valence-corrected chi connectivity index (χ0v) is 13.8. The van der Waals surface area contributed by atoms with Crippen LogP contribution in [0.4, 0.5) is 15.9 Å². The third-order valence-corrected chi connectivity index (χ3v) is 4.89. The SMILES string of the molecule is CC(=O)c1c(F)cccc1N1CCN(c2cc(C3CC3)[nH]n2)CC1. The lowest BCUT2D eigenvalue weighted by atomic mass is 10.1. The molecule has 2 fully saturated rings. The van der Waals surface area contributed by atoms with Crippen LogP contribution in [0.2, 0.25) is 0 Å². The smallest absolute Gasteiger partial charge is 0.164 e. The van der Waals surface area contributed by atoms with Crippen LogP contribution >= 0.6 is 0 Å². The predicted molar refractivity (Wildman–Crippen MR) is 91.4 cm³/mol. The Kier molecular flexibility index (Phi) is 3.75. The fourth-order valence-electron chi connectivity index (χ4n) is 3.39. The molecule has 1 aliphatic heterocycles. The highest BCUT2D eigenvalue weighted by Crippen LogP contribution is 2.40. The number of anilines is 2. The fraction of sp³-hybridized carbons (Fsp3) is 0.444. The highest BCUT2D eigenvalue weighted by Gasteiger charge is 2.28. The molecular formula is C18H21FN4O. The summed E-state index contributed by atoms with van der Waals surface area (Å²) in [6.45, 7) is 4.53. The summed E-state index contributed by atoms with van der Waals surface area (Å²) in [6, 6.07) is 6.99. The van der Waals surface area contributed by atoms with E-state index in [-0.39, 0.29) is 11.3 Å². The standard InChI is InChI=1S/C18H21FN4O/c1-12(24)18-14(19)3-2-4-16(18)22-7-9-23(10-8-22)17-11-15(20-21-17)13-5-6-13/h2-4,11,13H,5-10H2,1H3,(H,20,21). The molecule has 1 aromatic heterocycles. The number of carbonyl (C=O) groups excluding carboxylic acids is 1. The lowest BCUT2D eigenvalue weighted by Gasteiger charge is -2.36. The van der Waals surface area contributed by atoms with E-state index in [1.165, 1.54) is 31.5 Å². The lowest BCUT2D eigenvalue weighted by Crippen LogP contribution is -2.47. The molecule has 1 saturated carbocycles. The van der Waals surface area contributed by atoms with Gasteiger partial charge in [-0.25, -0.2) is 4.39 Å². The van der Waals surface area contributed by atoms with Gasteiger partial charge in [-0.3, -0.25) is 9.89 Å². The average molecular weight is 328 g/mol. The van der Waals surface area contributed by atoms with E-state index in [2.05, 4.69) is 26.1 Å². The first kappa shape index (κ1) is 15.2. The third kappa shape index (κ3) is 2.77. The van der Waals surface area contributed by atoms with Gasteiger partial charge in [-0.05, 0) is 31.9 Å². The van der Waals surface area contributed by atoms with Gasteiger partial charge >= 0.3 is 0 Å². The molecule has 24 heavy (non-hydrogen) atoms. The van der Waals surface area contributed by atoms with Crippen LogP contribution in [0.3, 0.4) is 0 Å². The van der Waals surface area contributed by atoms with Gasteiger partial charge in [0.15, 0.2) is 11.6 Å². The maximum Gasteiger partial charge on any atom is 0.164 e. The number of nitrogens with one attached hydrogen (secondary N) is 1. The van der Waals surface area contributed by atoms with Crippen LogP contribution in [0, 0.1) is 5.82 Å². The molecule has 0 radical (unpaired) electrons.